The molecule has 4 aromatic rings. The minimum Gasteiger partial charge on any atom is -0.335 e. The topological polar surface area (TPSA) is 86.4 Å². The number of rotatable bonds is 10. The van der Waals surface area contributed by atoms with Gasteiger partial charge in [-0.1, -0.05) is 43.5 Å². The van der Waals surface area contributed by atoms with Crippen LogP contribution in [-0.2, 0) is 0 Å². The molecule has 1 aliphatic heterocycles. The number of allylic oxidation sites excluding steroid dienone is 7. The molecule has 0 aliphatic carbocycles. The van der Waals surface area contributed by atoms with Crippen LogP contribution < -0.4 is 10.6 Å². The highest BCUT2D eigenvalue weighted by molar-refractivity contribution is 5.92. The van der Waals surface area contributed by atoms with E-state index in [2.05, 4.69) is 75.3 Å². The highest BCUT2D eigenvalue weighted by Gasteiger charge is 2.14. The molecule has 0 bridgehead atoms. The summed E-state index contributed by atoms with van der Waals surface area (Å²) < 4.78 is 0. The first-order valence-electron chi connectivity index (χ1n) is 14.0. The van der Waals surface area contributed by atoms with Crippen LogP contribution >= 0.6 is 0 Å². The van der Waals surface area contributed by atoms with Crippen molar-refractivity contribution in [3.05, 3.63) is 95.1 Å². The summed E-state index contributed by atoms with van der Waals surface area (Å²) in [5.74, 6) is 0.649. The van der Waals surface area contributed by atoms with Gasteiger partial charge in [0.05, 0.1) is 17.1 Å². The Morgan fingerprint density at radius 3 is 2.75 bits per heavy atom. The van der Waals surface area contributed by atoms with Crippen molar-refractivity contribution in [3.8, 4) is 22.6 Å². The largest absolute Gasteiger partial charge is 0.335 e. The second-order valence-corrected chi connectivity index (χ2v) is 10.2. The molecule has 40 heavy (non-hydrogen) atoms. The van der Waals surface area contributed by atoms with E-state index in [4.69, 9.17) is 4.98 Å². The van der Waals surface area contributed by atoms with Gasteiger partial charge in [-0.05, 0) is 88.0 Å². The van der Waals surface area contributed by atoms with Crippen LogP contribution in [0.4, 0.5) is 0 Å². The maximum absolute atomic E-state index is 4.86. The highest BCUT2D eigenvalue weighted by Crippen LogP contribution is 2.27. The van der Waals surface area contributed by atoms with Gasteiger partial charge in [0, 0.05) is 34.9 Å². The van der Waals surface area contributed by atoms with Crippen molar-refractivity contribution >= 4 is 23.7 Å². The van der Waals surface area contributed by atoms with Crippen LogP contribution in [0.3, 0.4) is 0 Å². The zero-order valence-corrected chi connectivity index (χ0v) is 23.5. The third-order valence-electron chi connectivity index (χ3n) is 7.50. The normalized spacial score (nSPS) is 15.8. The molecule has 0 atom stereocenters. The lowest BCUT2D eigenvalue weighted by Gasteiger charge is -2.14. The van der Waals surface area contributed by atoms with Gasteiger partial charge >= 0.3 is 0 Å². The maximum atomic E-state index is 4.86. The lowest BCUT2D eigenvalue weighted by molar-refractivity contribution is 0.334. The monoisotopic (exact) mass is 531 g/mol. The van der Waals surface area contributed by atoms with Crippen molar-refractivity contribution in [1.29, 1.82) is 0 Å². The number of pyridine rings is 2. The maximum Gasteiger partial charge on any atom is 0.159 e. The average molecular weight is 532 g/mol. The van der Waals surface area contributed by atoms with Crippen LogP contribution in [0.15, 0.2) is 84.5 Å². The fourth-order valence-corrected chi connectivity index (χ4v) is 5.17. The molecule has 7 heteroatoms. The van der Waals surface area contributed by atoms with Gasteiger partial charge in [-0.3, -0.25) is 15.1 Å². The standard InChI is InChI=1S/C33H37N7/c1-5-25(11-10-18-40-16-7-8-17-40)19-26(6-2)23(3)13-14-29-24(4)31(39-38-29)33-36-30-22-35-21-28(32(30)37-33)27-12-9-15-34-20-27/h5-6,9,12-15,19-22,38H,1,4,7-8,10-11,16-18H2,2-3H3,(H,36,37)/b23-13+,25-19+,26-6+,29-14+. The van der Waals surface area contributed by atoms with E-state index in [-0.39, 0.29) is 0 Å². The van der Waals surface area contributed by atoms with E-state index in [1.807, 2.05) is 36.7 Å². The van der Waals surface area contributed by atoms with Crippen LogP contribution in [0.2, 0.25) is 0 Å². The zero-order valence-electron chi connectivity index (χ0n) is 23.5. The van der Waals surface area contributed by atoms with Crippen LogP contribution in [0.5, 0.6) is 0 Å². The lowest BCUT2D eigenvalue weighted by Crippen LogP contribution is -2.21. The first-order chi connectivity index (χ1) is 19.6. The van der Waals surface area contributed by atoms with Crippen LogP contribution in [0, 0.1) is 0 Å². The number of likely N-dealkylation sites (tertiary alicyclic amines) is 1. The van der Waals surface area contributed by atoms with Gasteiger partial charge in [0.25, 0.3) is 0 Å². The van der Waals surface area contributed by atoms with E-state index in [1.54, 1.807) is 12.4 Å². The number of aromatic nitrogens is 6. The van der Waals surface area contributed by atoms with Gasteiger partial charge in [-0.15, -0.1) is 0 Å². The van der Waals surface area contributed by atoms with Crippen molar-refractivity contribution in [2.75, 3.05) is 19.6 Å². The Labute approximate surface area is 235 Å². The third kappa shape index (κ3) is 6.10. The van der Waals surface area contributed by atoms with Crippen molar-refractivity contribution in [3.63, 3.8) is 0 Å². The Balaban J connectivity index is 1.35. The molecule has 0 unspecified atom stereocenters. The quantitative estimate of drug-likeness (QED) is 0.265. The SMILES string of the molecule is C=C\C(=C/C(=C\C)C(/C)=C/C=c1/[nH]nc(-c2nc3c(-c4cccnc4)cncc3[nH]2)c1=C)CCCN1CCCC1. The van der Waals surface area contributed by atoms with Crippen molar-refractivity contribution < 1.29 is 0 Å². The van der Waals surface area contributed by atoms with E-state index in [9.17, 15) is 0 Å². The first kappa shape index (κ1) is 27.2. The van der Waals surface area contributed by atoms with E-state index in [0.29, 0.717) is 11.5 Å². The van der Waals surface area contributed by atoms with Gasteiger partial charge in [-0.25, -0.2) is 4.98 Å². The molecule has 1 fully saturated rings. The minimum absolute atomic E-state index is 0.649. The molecule has 2 N–H and O–H groups in total. The molecule has 204 valence electrons. The molecule has 7 nitrogen and oxygen atoms in total. The molecule has 0 amide bonds. The van der Waals surface area contributed by atoms with Gasteiger partial charge in [0.15, 0.2) is 5.82 Å². The number of aromatic amines is 2. The van der Waals surface area contributed by atoms with Crippen LogP contribution in [0.25, 0.3) is 46.3 Å². The second kappa shape index (κ2) is 12.7. The first-order valence-corrected chi connectivity index (χ1v) is 14.0. The van der Waals surface area contributed by atoms with Crippen molar-refractivity contribution in [1.82, 2.24) is 35.0 Å². The number of hydrogen-bond donors (Lipinski definition) is 2. The smallest absolute Gasteiger partial charge is 0.159 e. The summed E-state index contributed by atoms with van der Waals surface area (Å²) in [5, 5.41) is 9.29. The van der Waals surface area contributed by atoms with E-state index < -0.39 is 0 Å². The predicted molar refractivity (Wildman–Crippen MR) is 165 cm³/mol. The summed E-state index contributed by atoms with van der Waals surface area (Å²) >= 11 is 0. The number of nitrogens with zero attached hydrogens (tertiary/aromatic N) is 5. The number of H-pyrrole nitrogens is 2. The molecule has 1 saturated heterocycles. The molecule has 5 rings (SSSR count). The number of imidazole rings is 1. The third-order valence-corrected chi connectivity index (χ3v) is 7.50. The van der Waals surface area contributed by atoms with E-state index in [0.717, 1.165) is 51.1 Å². The Morgan fingerprint density at radius 2 is 2.00 bits per heavy atom. The molecule has 0 spiro atoms. The van der Waals surface area contributed by atoms with Gasteiger partial charge in [0.1, 0.15) is 11.2 Å². The summed E-state index contributed by atoms with van der Waals surface area (Å²) in [6.45, 7) is 16.2. The molecular formula is C33H37N7. The molecule has 0 aromatic carbocycles. The Hall–Kier alpha value is -4.36. The Morgan fingerprint density at radius 1 is 1.15 bits per heavy atom. The molecule has 5 heterocycles. The van der Waals surface area contributed by atoms with Gasteiger partial charge in [-0.2, -0.15) is 5.10 Å². The highest BCUT2D eigenvalue weighted by atomic mass is 15.1. The molecule has 1 aliphatic rings. The fraction of sp³-hybridized carbons (Fsp3) is 0.273. The summed E-state index contributed by atoms with van der Waals surface area (Å²) in [4.78, 5) is 19.4. The molecule has 0 radical (unpaired) electrons. The van der Waals surface area contributed by atoms with Crippen LogP contribution in [-0.4, -0.2) is 54.7 Å². The van der Waals surface area contributed by atoms with Crippen molar-refractivity contribution in [2.45, 2.75) is 39.5 Å². The average Bonchev–Trinajstić information content (AvgIpc) is 3.74. The Bertz CT molecular complexity index is 1680. The number of fused-ring (bicyclic) bond motifs is 1. The van der Waals surface area contributed by atoms with E-state index in [1.165, 1.54) is 43.6 Å². The summed E-state index contributed by atoms with van der Waals surface area (Å²) in [5.41, 5.74) is 7.84. The number of hydrogen-bond acceptors (Lipinski definition) is 5. The predicted octanol–water partition coefficient (Wildman–Crippen LogP) is 5.48. The molecule has 4 aromatic heterocycles. The van der Waals surface area contributed by atoms with Crippen molar-refractivity contribution in [2.24, 2.45) is 0 Å². The molecular weight excluding hydrogens is 494 g/mol. The minimum atomic E-state index is 0.649. The summed E-state index contributed by atoms with van der Waals surface area (Å²) in [7, 11) is 0. The fourth-order valence-electron chi connectivity index (χ4n) is 5.17. The zero-order chi connectivity index (χ0) is 27.9. The summed E-state index contributed by atoms with van der Waals surface area (Å²) in [6.07, 6.45) is 22.5. The van der Waals surface area contributed by atoms with Gasteiger partial charge in [0.2, 0.25) is 0 Å². The lowest BCUT2D eigenvalue weighted by atomic mass is 10.0. The van der Waals surface area contributed by atoms with Crippen LogP contribution in [0.1, 0.15) is 39.5 Å². The Kier molecular flexibility index (Phi) is 8.62. The summed E-state index contributed by atoms with van der Waals surface area (Å²) in [6, 6.07) is 3.91. The number of nitrogens with one attached hydrogen (secondary N) is 2. The second-order valence-electron chi connectivity index (χ2n) is 10.2. The molecule has 0 saturated carbocycles. The van der Waals surface area contributed by atoms with Gasteiger partial charge < -0.3 is 9.88 Å². The van der Waals surface area contributed by atoms with E-state index >= 15 is 0 Å².